The van der Waals surface area contributed by atoms with Gasteiger partial charge in [-0.25, -0.2) is 9.97 Å². The van der Waals surface area contributed by atoms with Crippen LogP contribution in [-0.2, 0) is 0 Å². The second-order valence-electron chi connectivity index (χ2n) is 7.26. The van der Waals surface area contributed by atoms with E-state index in [-0.39, 0.29) is 12.1 Å². The molecule has 29 heavy (non-hydrogen) atoms. The molecule has 0 saturated carbocycles. The topological polar surface area (TPSA) is 101 Å². The van der Waals surface area contributed by atoms with Crippen molar-refractivity contribution < 1.29 is 0 Å². The SMILES string of the molecule is CC[C@@H]1c2nncn2-c2cnc(-c3cn[nH]c3-c3ccccn3)nc2N1C(C)C. The van der Waals surface area contributed by atoms with E-state index in [1.54, 1.807) is 18.7 Å². The zero-order valence-electron chi connectivity index (χ0n) is 16.5. The van der Waals surface area contributed by atoms with Gasteiger partial charge < -0.3 is 4.90 Å². The maximum absolute atomic E-state index is 4.97. The van der Waals surface area contributed by atoms with Gasteiger partial charge in [-0.3, -0.25) is 14.6 Å². The summed E-state index contributed by atoms with van der Waals surface area (Å²) < 4.78 is 1.99. The Morgan fingerprint density at radius 3 is 2.83 bits per heavy atom. The Morgan fingerprint density at radius 1 is 1.17 bits per heavy atom. The fourth-order valence-corrected chi connectivity index (χ4v) is 3.93. The second-order valence-corrected chi connectivity index (χ2v) is 7.26. The number of rotatable bonds is 4. The Bertz CT molecular complexity index is 1150. The highest BCUT2D eigenvalue weighted by Gasteiger charge is 2.35. The summed E-state index contributed by atoms with van der Waals surface area (Å²) in [7, 11) is 0. The second kappa shape index (κ2) is 6.77. The van der Waals surface area contributed by atoms with Crippen molar-refractivity contribution in [2.75, 3.05) is 4.90 Å². The molecule has 0 radical (unpaired) electrons. The van der Waals surface area contributed by atoms with Crippen LogP contribution in [0.5, 0.6) is 0 Å². The average Bonchev–Trinajstić information content (AvgIpc) is 3.42. The first kappa shape index (κ1) is 17.5. The van der Waals surface area contributed by atoms with Gasteiger partial charge in [-0.15, -0.1) is 10.2 Å². The van der Waals surface area contributed by atoms with Gasteiger partial charge in [0.2, 0.25) is 0 Å². The Morgan fingerprint density at radius 2 is 2.07 bits per heavy atom. The molecule has 1 atom stereocenters. The Labute approximate surface area is 167 Å². The van der Waals surface area contributed by atoms with E-state index < -0.39 is 0 Å². The van der Waals surface area contributed by atoms with Gasteiger partial charge >= 0.3 is 0 Å². The van der Waals surface area contributed by atoms with Crippen molar-refractivity contribution in [2.45, 2.75) is 39.3 Å². The van der Waals surface area contributed by atoms with Gasteiger partial charge in [0.25, 0.3) is 0 Å². The van der Waals surface area contributed by atoms with Crippen molar-refractivity contribution in [2.24, 2.45) is 0 Å². The molecule has 1 N–H and O–H groups in total. The van der Waals surface area contributed by atoms with E-state index in [1.165, 1.54) is 0 Å². The summed E-state index contributed by atoms with van der Waals surface area (Å²) in [5.74, 6) is 2.40. The summed E-state index contributed by atoms with van der Waals surface area (Å²) in [5, 5.41) is 15.7. The third-order valence-corrected chi connectivity index (χ3v) is 5.21. The van der Waals surface area contributed by atoms with Crippen LogP contribution in [0.3, 0.4) is 0 Å². The fraction of sp³-hybridized carbons (Fsp3) is 0.300. The minimum Gasteiger partial charge on any atom is -0.342 e. The highest BCUT2D eigenvalue weighted by Crippen LogP contribution is 2.40. The maximum Gasteiger partial charge on any atom is 0.165 e. The number of fused-ring (bicyclic) bond motifs is 3. The molecule has 0 aliphatic carbocycles. The largest absolute Gasteiger partial charge is 0.342 e. The predicted molar refractivity (Wildman–Crippen MR) is 108 cm³/mol. The molecule has 146 valence electrons. The van der Waals surface area contributed by atoms with Crippen LogP contribution >= 0.6 is 0 Å². The number of aromatic nitrogens is 8. The number of anilines is 1. The van der Waals surface area contributed by atoms with Gasteiger partial charge in [0.15, 0.2) is 17.5 Å². The molecular formula is C20H21N9. The molecule has 5 heterocycles. The first-order valence-corrected chi connectivity index (χ1v) is 9.69. The average molecular weight is 387 g/mol. The lowest BCUT2D eigenvalue weighted by Gasteiger charge is -2.39. The lowest BCUT2D eigenvalue weighted by Crippen LogP contribution is -2.40. The molecule has 4 aromatic heterocycles. The quantitative estimate of drug-likeness (QED) is 0.574. The maximum atomic E-state index is 4.97. The number of nitrogens with zero attached hydrogens (tertiary/aromatic N) is 8. The number of aromatic amines is 1. The number of H-pyrrole nitrogens is 1. The minimum absolute atomic E-state index is 0.104. The molecule has 0 unspecified atom stereocenters. The molecule has 0 fully saturated rings. The van der Waals surface area contributed by atoms with Crippen LogP contribution in [-0.4, -0.2) is 46.0 Å². The fourth-order valence-electron chi connectivity index (χ4n) is 3.93. The molecule has 0 saturated heterocycles. The van der Waals surface area contributed by atoms with Crippen molar-refractivity contribution in [3.63, 3.8) is 0 Å². The molecule has 5 rings (SSSR count). The summed E-state index contributed by atoms with van der Waals surface area (Å²) >= 11 is 0. The van der Waals surface area contributed by atoms with Gasteiger partial charge in [0.05, 0.1) is 35.4 Å². The van der Waals surface area contributed by atoms with Crippen molar-refractivity contribution in [1.82, 2.24) is 39.9 Å². The smallest absolute Gasteiger partial charge is 0.165 e. The van der Waals surface area contributed by atoms with Gasteiger partial charge in [-0.2, -0.15) is 5.10 Å². The zero-order chi connectivity index (χ0) is 20.0. The molecule has 0 spiro atoms. The summed E-state index contributed by atoms with van der Waals surface area (Å²) in [6, 6.07) is 6.11. The summed E-state index contributed by atoms with van der Waals surface area (Å²) in [4.78, 5) is 16.3. The Balaban J connectivity index is 1.68. The van der Waals surface area contributed by atoms with Crippen molar-refractivity contribution in [1.29, 1.82) is 0 Å². The molecule has 0 aromatic carbocycles. The monoisotopic (exact) mass is 387 g/mol. The summed E-state index contributed by atoms with van der Waals surface area (Å²) in [5.41, 5.74) is 3.30. The Kier molecular flexibility index (Phi) is 4.08. The highest BCUT2D eigenvalue weighted by atomic mass is 15.4. The van der Waals surface area contributed by atoms with Crippen LogP contribution in [0.4, 0.5) is 5.82 Å². The first-order valence-electron chi connectivity index (χ1n) is 9.69. The van der Waals surface area contributed by atoms with Crippen LogP contribution in [0.25, 0.3) is 28.5 Å². The predicted octanol–water partition coefficient (Wildman–Crippen LogP) is 3.19. The third-order valence-electron chi connectivity index (χ3n) is 5.21. The van der Waals surface area contributed by atoms with Gasteiger partial charge in [-0.05, 0) is 32.4 Å². The number of pyridine rings is 1. The van der Waals surface area contributed by atoms with Gasteiger partial charge in [0, 0.05) is 12.2 Å². The number of hydrogen-bond donors (Lipinski definition) is 1. The van der Waals surface area contributed by atoms with Crippen molar-refractivity contribution in [3.05, 3.63) is 48.9 Å². The molecule has 4 aromatic rings. The van der Waals surface area contributed by atoms with Crippen LogP contribution < -0.4 is 4.90 Å². The highest BCUT2D eigenvalue weighted by molar-refractivity contribution is 5.76. The lowest BCUT2D eigenvalue weighted by molar-refractivity contribution is 0.497. The zero-order valence-corrected chi connectivity index (χ0v) is 16.5. The van der Waals surface area contributed by atoms with E-state index in [2.05, 4.69) is 56.0 Å². The van der Waals surface area contributed by atoms with E-state index >= 15 is 0 Å². The van der Waals surface area contributed by atoms with E-state index in [0.717, 1.165) is 40.7 Å². The molecule has 9 nitrogen and oxygen atoms in total. The number of nitrogens with one attached hydrogen (secondary N) is 1. The number of hydrogen-bond acceptors (Lipinski definition) is 7. The van der Waals surface area contributed by atoms with Crippen molar-refractivity contribution >= 4 is 5.82 Å². The summed E-state index contributed by atoms with van der Waals surface area (Å²) in [6.45, 7) is 6.48. The van der Waals surface area contributed by atoms with Crippen molar-refractivity contribution in [3.8, 4) is 28.5 Å². The molecule has 0 bridgehead atoms. The van der Waals surface area contributed by atoms with Crippen LogP contribution in [0.2, 0.25) is 0 Å². The third kappa shape index (κ3) is 2.69. The van der Waals surface area contributed by atoms with Crippen LogP contribution in [0, 0.1) is 0 Å². The Hall–Kier alpha value is -3.62. The lowest BCUT2D eigenvalue weighted by atomic mass is 10.1. The van der Waals surface area contributed by atoms with E-state index in [0.29, 0.717) is 5.82 Å². The molecule has 0 amide bonds. The van der Waals surface area contributed by atoms with E-state index in [9.17, 15) is 0 Å². The molecule has 1 aliphatic rings. The van der Waals surface area contributed by atoms with Crippen LogP contribution in [0.15, 0.2) is 43.1 Å². The van der Waals surface area contributed by atoms with Crippen LogP contribution in [0.1, 0.15) is 39.1 Å². The molecule has 1 aliphatic heterocycles. The minimum atomic E-state index is 0.104. The summed E-state index contributed by atoms with van der Waals surface area (Å²) in [6.07, 6.45) is 7.97. The normalized spacial score (nSPS) is 15.4. The molecular weight excluding hydrogens is 366 g/mol. The molecule has 9 heteroatoms. The van der Waals surface area contributed by atoms with Gasteiger partial charge in [0.1, 0.15) is 12.0 Å². The standard InChI is InChI=1S/C20H21N9/c1-4-15-20-27-24-11-28(20)16-10-22-18(25-19(16)29(15)12(2)3)13-9-23-26-17(13)14-7-5-6-8-21-14/h5-12,15H,4H2,1-3H3,(H,23,26)/t15-/m1/s1. The van der Waals surface area contributed by atoms with Gasteiger partial charge in [-0.1, -0.05) is 13.0 Å². The van der Waals surface area contributed by atoms with E-state index in [1.807, 2.05) is 29.0 Å². The first-order chi connectivity index (χ1) is 14.2. The van der Waals surface area contributed by atoms with E-state index in [4.69, 9.17) is 4.98 Å².